The number of benzene rings is 4. The zero-order valence-corrected chi connectivity index (χ0v) is 23.2. The number of hydrogen-bond donors (Lipinski definition) is 0. The second-order valence-electron chi connectivity index (χ2n) is 10.7. The van der Waals surface area contributed by atoms with E-state index in [1.807, 2.05) is 13.0 Å². The van der Waals surface area contributed by atoms with Crippen LogP contribution < -0.4 is 4.74 Å². The first-order valence-electron chi connectivity index (χ1n) is 13.8. The van der Waals surface area contributed by atoms with Gasteiger partial charge in [0.15, 0.2) is 17.5 Å². The maximum absolute atomic E-state index is 15.2. The molecule has 4 aromatic rings. The molecule has 0 spiro atoms. The molecule has 0 aromatic heterocycles. The van der Waals surface area contributed by atoms with Crippen LogP contribution in [0.25, 0.3) is 22.3 Å². The summed E-state index contributed by atoms with van der Waals surface area (Å²) in [5, 5.41) is 0. The lowest BCUT2D eigenvalue weighted by Gasteiger charge is -2.27. The van der Waals surface area contributed by atoms with Crippen LogP contribution in [0.2, 0.25) is 0 Å². The monoisotopic (exact) mass is 620 g/mol. The van der Waals surface area contributed by atoms with E-state index >= 15 is 8.78 Å². The van der Waals surface area contributed by atoms with E-state index in [9.17, 15) is 30.7 Å². The number of ether oxygens (including phenoxy) is 1. The van der Waals surface area contributed by atoms with Crippen molar-refractivity contribution in [2.45, 2.75) is 44.6 Å². The summed E-state index contributed by atoms with van der Waals surface area (Å²) in [4.78, 5) is 0. The second kappa shape index (κ2) is 12.4. The Kier molecular flexibility index (Phi) is 8.81. The lowest BCUT2D eigenvalue weighted by molar-refractivity contribution is -0.189. The highest BCUT2D eigenvalue weighted by Gasteiger charge is 2.41. The minimum absolute atomic E-state index is 0.0836. The van der Waals surface area contributed by atoms with Crippen molar-refractivity contribution >= 4 is 0 Å². The van der Waals surface area contributed by atoms with E-state index in [2.05, 4.69) is 10.8 Å². The maximum atomic E-state index is 15.2. The van der Waals surface area contributed by atoms with Crippen molar-refractivity contribution in [2.75, 3.05) is 0 Å². The molecule has 5 rings (SSSR count). The van der Waals surface area contributed by atoms with Crippen LogP contribution >= 0.6 is 0 Å². The van der Waals surface area contributed by atoms with Crippen molar-refractivity contribution in [2.24, 2.45) is 5.92 Å². The predicted molar refractivity (Wildman–Crippen MR) is 147 cm³/mol. The predicted octanol–water partition coefficient (Wildman–Crippen LogP) is 11.0. The summed E-state index contributed by atoms with van der Waals surface area (Å²) in [6.45, 7) is 1.98. The smallest absolute Gasteiger partial charge is 0.429 e. The number of halogens is 9. The third kappa shape index (κ3) is 6.34. The fourth-order valence-electron chi connectivity index (χ4n) is 5.65. The standard InChI is InChI=1S/C34H25F9O/c1-2-3-18-4-6-19(7-5-18)20-8-10-24(26(35)12-20)21-9-11-25(27(36)13-21)22-14-28(37)32(29(38)15-22)34(42,43)44-23-16-30(39)33(41)31(40)17-23/h2-3,8-19H,4-7H2,1H3. The summed E-state index contributed by atoms with van der Waals surface area (Å²) in [7, 11) is 0. The molecule has 44 heavy (non-hydrogen) atoms. The third-order valence-electron chi connectivity index (χ3n) is 7.83. The molecule has 4 aromatic carbocycles. The third-order valence-corrected chi connectivity index (χ3v) is 7.83. The molecule has 0 unspecified atom stereocenters. The highest BCUT2D eigenvalue weighted by atomic mass is 19.3. The average molecular weight is 621 g/mol. The molecule has 1 aliphatic carbocycles. The zero-order chi connectivity index (χ0) is 31.8. The van der Waals surface area contributed by atoms with Crippen LogP contribution in [0.1, 0.15) is 49.7 Å². The van der Waals surface area contributed by atoms with E-state index in [0.717, 1.165) is 43.4 Å². The number of hydrogen-bond acceptors (Lipinski definition) is 1. The van der Waals surface area contributed by atoms with Crippen LogP contribution in [0.15, 0.2) is 72.8 Å². The molecule has 0 bridgehead atoms. The van der Waals surface area contributed by atoms with Gasteiger partial charge in [0, 0.05) is 23.3 Å². The SMILES string of the molecule is CC=CC1CCC(c2ccc(-c3ccc(-c4cc(F)c(C(F)(F)Oc5cc(F)c(F)c(F)c5)c(F)c4)c(F)c3)c(F)c2)CC1. The van der Waals surface area contributed by atoms with Crippen LogP contribution in [-0.2, 0) is 6.11 Å². The van der Waals surface area contributed by atoms with E-state index in [4.69, 9.17) is 0 Å². The second-order valence-corrected chi connectivity index (χ2v) is 10.7. The molecule has 1 nitrogen and oxygen atoms in total. The van der Waals surface area contributed by atoms with Gasteiger partial charge in [-0.3, -0.25) is 0 Å². The van der Waals surface area contributed by atoms with E-state index < -0.39 is 63.7 Å². The average Bonchev–Trinajstić information content (AvgIpc) is 2.95. The summed E-state index contributed by atoms with van der Waals surface area (Å²) in [6.07, 6.45) is 3.28. The van der Waals surface area contributed by atoms with Crippen molar-refractivity contribution in [3.8, 4) is 28.0 Å². The van der Waals surface area contributed by atoms with E-state index in [1.54, 1.807) is 12.1 Å². The topological polar surface area (TPSA) is 9.23 Å². The first-order chi connectivity index (χ1) is 20.9. The zero-order valence-electron chi connectivity index (χ0n) is 23.2. The Morgan fingerprint density at radius 2 is 1.18 bits per heavy atom. The maximum Gasteiger partial charge on any atom is 0.432 e. The highest BCUT2D eigenvalue weighted by Crippen LogP contribution is 2.40. The van der Waals surface area contributed by atoms with Crippen molar-refractivity contribution in [3.63, 3.8) is 0 Å². The van der Waals surface area contributed by atoms with E-state index in [-0.39, 0.29) is 34.7 Å². The van der Waals surface area contributed by atoms with E-state index in [1.165, 1.54) is 12.1 Å². The Balaban J connectivity index is 1.37. The Labute approximate surface area is 247 Å². The normalized spacial score (nSPS) is 17.3. The van der Waals surface area contributed by atoms with Crippen molar-refractivity contribution in [1.82, 2.24) is 0 Å². The molecular weight excluding hydrogens is 595 g/mol. The molecule has 0 saturated heterocycles. The van der Waals surface area contributed by atoms with Gasteiger partial charge in [0.05, 0.1) is 0 Å². The van der Waals surface area contributed by atoms with Gasteiger partial charge in [0.25, 0.3) is 0 Å². The first-order valence-corrected chi connectivity index (χ1v) is 13.8. The minimum atomic E-state index is -4.79. The van der Waals surface area contributed by atoms with Gasteiger partial charge in [0.2, 0.25) is 0 Å². The van der Waals surface area contributed by atoms with E-state index in [0.29, 0.717) is 18.1 Å². The number of alkyl halides is 2. The highest BCUT2D eigenvalue weighted by molar-refractivity contribution is 5.72. The fourth-order valence-corrected chi connectivity index (χ4v) is 5.65. The van der Waals surface area contributed by atoms with Crippen LogP contribution in [0.4, 0.5) is 39.5 Å². The molecule has 1 saturated carbocycles. The molecule has 0 radical (unpaired) electrons. The summed E-state index contributed by atoms with van der Waals surface area (Å²) < 4.78 is 133. The summed E-state index contributed by atoms with van der Waals surface area (Å²) >= 11 is 0. The molecule has 0 heterocycles. The molecule has 0 atom stereocenters. The molecule has 0 N–H and O–H groups in total. The van der Waals surface area contributed by atoms with Gasteiger partial charge in [-0.05, 0) is 85.4 Å². The van der Waals surface area contributed by atoms with Crippen LogP contribution in [0, 0.1) is 46.6 Å². The summed E-state index contributed by atoms with van der Waals surface area (Å²) in [5.74, 6) is -11.4. The molecule has 230 valence electrons. The minimum Gasteiger partial charge on any atom is -0.429 e. The van der Waals surface area contributed by atoms with Gasteiger partial charge < -0.3 is 4.74 Å². The fraction of sp³-hybridized carbons (Fsp3) is 0.235. The number of rotatable bonds is 7. The van der Waals surface area contributed by atoms with Gasteiger partial charge in [0.1, 0.15) is 34.6 Å². The summed E-state index contributed by atoms with van der Waals surface area (Å²) in [5.41, 5.74) is -1.61. The van der Waals surface area contributed by atoms with Crippen molar-refractivity contribution in [1.29, 1.82) is 0 Å². The van der Waals surface area contributed by atoms with Crippen molar-refractivity contribution in [3.05, 3.63) is 125 Å². The van der Waals surface area contributed by atoms with Gasteiger partial charge in [-0.15, -0.1) is 0 Å². The Morgan fingerprint density at radius 3 is 1.75 bits per heavy atom. The van der Waals surface area contributed by atoms with Crippen LogP contribution in [0.3, 0.4) is 0 Å². The molecular formula is C34H25F9O. The molecule has 0 aliphatic heterocycles. The quantitative estimate of drug-likeness (QED) is 0.114. The van der Waals surface area contributed by atoms with Gasteiger partial charge in [-0.1, -0.05) is 36.4 Å². The Bertz CT molecular complexity index is 1680. The first kappa shape index (κ1) is 31.2. The Morgan fingerprint density at radius 1 is 0.636 bits per heavy atom. The van der Waals surface area contributed by atoms with Gasteiger partial charge in [-0.2, -0.15) is 8.78 Å². The van der Waals surface area contributed by atoms with Gasteiger partial charge in [-0.25, -0.2) is 30.7 Å². The molecule has 0 amide bonds. The lowest BCUT2D eigenvalue weighted by Crippen LogP contribution is -2.25. The molecule has 1 aliphatic rings. The molecule has 10 heteroatoms. The lowest BCUT2D eigenvalue weighted by atomic mass is 9.78. The van der Waals surface area contributed by atoms with Gasteiger partial charge >= 0.3 is 6.11 Å². The van der Waals surface area contributed by atoms with Crippen molar-refractivity contribution < 1.29 is 44.3 Å². The number of allylic oxidation sites excluding steroid dienone is 2. The molecule has 1 fully saturated rings. The van der Waals surface area contributed by atoms with Crippen LogP contribution in [-0.4, -0.2) is 0 Å². The van der Waals surface area contributed by atoms with Crippen LogP contribution in [0.5, 0.6) is 5.75 Å². The Hall–Kier alpha value is -4.21. The summed E-state index contributed by atoms with van der Waals surface area (Å²) in [6, 6.07) is 9.24. The largest absolute Gasteiger partial charge is 0.432 e.